The summed E-state index contributed by atoms with van der Waals surface area (Å²) in [5, 5.41) is 8.84. The molecule has 108 valence electrons. The van der Waals surface area contributed by atoms with E-state index in [1.807, 2.05) is 44.0 Å². The highest BCUT2D eigenvalue weighted by Gasteiger charge is 2.16. The highest BCUT2D eigenvalue weighted by Crippen LogP contribution is 2.04. The Kier molecular flexibility index (Phi) is 6.75. The molecule has 1 aromatic carbocycles. The molecule has 4 heteroatoms. The number of hydrogen-bond acceptors (Lipinski definition) is 3. The zero-order chi connectivity index (χ0) is 15.0. The summed E-state index contributed by atoms with van der Waals surface area (Å²) in [7, 11) is 1.94. The van der Waals surface area contributed by atoms with E-state index in [1.54, 1.807) is 4.90 Å². The molecule has 1 atom stereocenters. The van der Waals surface area contributed by atoms with Gasteiger partial charge < -0.3 is 4.90 Å². The molecule has 0 heterocycles. The Labute approximate surface area is 121 Å². The Balaban J connectivity index is 2.49. The number of benzene rings is 1. The van der Waals surface area contributed by atoms with Crippen molar-refractivity contribution in [2.75, 3.05) is 26.7 Å². The number of amides is 1. The third-order valence-corrected chi connectivity index (χ3v) is 3.15. The van der Waals surface area contributed by atoms with Crippen LogP contribution in [0, 0.1) is 17.2 Å². The van der Waals surface area contributed by atoms with Crippen molar-refractivity contribution in [2.24, 2.45) is 5.92 Å². The summed E-state index contributed by atoms with van der Waals surface area (Å²) >= 11 is 0. The summed E-state index contributed by atoms with van der Waals surface area (Å²) in [6.07, 6.45) is 0. The van der Waals surface area contributed by atoms with Crippen LogP contribution >= 0.6 is 0 Å². The number of nitriles is 1. The van der Waals surface area contributed by atoms with Crippen molar-refractivity contribution in [1.82, 2.24) is 9.80 Å². The molecular weight excluding hydrogens is 250 g/mol. The molecule has 0 bridgehead atoms. The first kappa shape index (κ1) is 16.2. The van der Waals surface area contributed by atoms with Gasteiger partial charge in [0.05, 0.1) is 18.5 Å². The number of nitrogens with zero attached hydrogens (tertiary/aromatic N) is 3. The summed E-state index contributed by atoms with van der Waals surface area (Å²) in [4.78, 5) is 15.9. The van der Waals surface area contributed by atoms with Crippen LogP contribution in [0.3, 0.4) is 0 Å². The van der Waals surface area contributed by atoms with Gasteiger partial charge in [-0.1, -0.05) is 30.3 Å². The largest absolute Gasteiger partial charge is 0.341 e. The van der Waals surface area contributed by atoms with Crippen molar-refractivity contribution in [2.45, 2.75) is 20.4 Å². The van der Waals surface area contributed by atoms with E-state index in [-0.39, 0.29) is 11.8 Å². The zero-order valence-electron chi connectivity index (χ0n) is 12.5. The molecule has 0 aliphatic heterocycles. The molecule has 0 saturated carbocycles. The fourth-order valence-corrected chi connectivity index (χ4v) is 2.06. The number of rotatable bonds is 7. The SMILES string of the molecule is CCN(C[C@@H](C)C#N)C(=O)CN(C)Cc1ccccc1. The van der Waals surface area contributed by atoms with Gasteiger partial charge in [-0.25, -0.2) is 0 Å². The van der Waals surface area contributed by atoms with Crippen LogP contribution in [-0.2, 0) is 11.3 Å². The molecule has 20 heavy (non-hydrogen) atoms. The topological polar surface area (TPSA) is 47.3 Å². The van der Waals surface area contributed by atoms with E-state index in [0.717, 1.165) is 6.54 Å². The van der Waals surface area contributed by atoms with E-state index in [4.69, 9.17) is 5.26 Å². The monoisotopic (exact) mass is 273 g/mol. The Morgan fingerprint density at radius 1 is 1.35 bits per heavy atom. The van der Waals surface area contributed by atoms with Crippen molar-refractivity contribution in [3.05, 3.63) is 35.9 Å². The van der Waals surface area contributed by atoms with Gasteiger partial charge >= 0.3 is 0 Å². The molecule has 0 saturated heterocycles. The minimum absolute atomic E-state index is 0.0769. The molecule has 0 aliphatic carbocycles. The van der Waals surface area contributed by atoms with Gasteiger partial charge in [-0.2, -0.15) is 5.26 Å². The van der Waals surface area contributed by atoms with E-state index < -0.39 is 0 Å². The third kappa shape index (κ3) is 5.41. The van der Waals surface area contributed by atoms with Gasteiger partial charge in [0.2, 0.25) is 5.91 Å². The summed E-state index contributed by atoms with van der Waals surface area (Å²) < 4.78 is 0. The van der Waals surface area contributed by atoms with Crippen LogP contribution in [0.4, 0.5) is 0 Å². The molecular formula is C16H23N3O. The first-order valence-corrected chi connectivity index (χ1v) is 6.96. The second kappa shape index (κ2) is 8.34. The van der Waals surface area contributed by atoms with Crippen LogP contribution in [0.15, 0.2) is 30.3 Å². The quantitative estimate of drug-likeness (QED) is 0.764. The molecule has 4 nitrogen and oxygen atoms in total. The van der Waals surface area contributed by atoms with Crippen molar-refractivity contribution < 1.29 is 4.79 Å². The number of carbonyl (C=O) groups is 1. The van der Waals surface area contributed by atoms with Crippen LogP contribution in [0.25, 0.3) is 0 Å². The maximum absolute atomic E-state index is 12.2. The third-order valence-electron chi connectivity index (χ3n) is 3.15. The van der Waals surface area contributed by atoms with Gasteiger partial charge in [0.15, 0.2) is 0 Å². The number of carbonyl (C=O) groups excluding carboxylic acids is 1. The molecule has 1 amide bonds. The predicted octanol–water partition coefficient (Wildman–Crippen LogP) is 2.13. The van der Waals surface area contributed by atoms with Crippen molar-refractivity contribution >= 4 is 5.91 Å². The molecule has 0 aliphatic rings. The van der Waals surface area contributed by atoms with Crippen LogP contribution in [0.1, 0.15) is 19.4 Å². The first-order valence-electron chi connectivity index (χ1n) is 6.96. The fraction of sp³-hybridized carbons (Fsp3) is 0.500. The second-order valence-corrected chi connectivity index (χ2v) is 5.12. The van der Waals surface area contributed by atoms with Gasteiger partial charge in [0.25, 0.3) is 0 Å². The molecule has 0 radical (unpaired) electrons. The zero-order valence-corrected chi connectivity index (χ0v) is 12.5. The Morgan fingerprint density at radius 3 is 2.55 bits per heavy atom. The fourth-order valence-electron chi connectivity index (χ4n) is 2.06. The van der Waals surface area contributed by atoms with E-state index in [9.17, 15) is 4.79 Å². The average Bonchev–Trinajstić information content (AvgIpc) is 2.45. The first-order chi connectivity index (χ1) is 9.56. The van der Waals surface area contributed by atoms with Gasteiger partial charge in [-0.3, -0.25) is 9.69 Å². The van der Waals surface area contributed by atoms with E-state index in [0.29, 0.717) is 19.6 Å². The summed E-state index contributed by atoms with van der Waals surface area (Å²) in [5.41, 5.74) is 1.19. The van der Waals surface area contributed by atoms with E-state index in [2.05, 4.69) is 18.2 Å². The minimum Gasteiger partial charge on any atom is -0.341 e. The molecule has 0 unspecified atom stereocenters. The summed E-state index contributed by atoms with van der Waals surface area (Å²) in [6, 6.07) is 12.3. The van der Waals surface area contributed by atoms with Crippen LogP contribution < -0.4 is 0 Å². The molecule has 0 N–H and O–H groups in total. The van der Waals surface area contributed by atoms with Crippen LogP contribution in [0.5, 0.6) is 0 Å². The molecule has 0 spiro atoms. The Bertz CT molecular complexity index is 453. The van der Waals surface area contributed by atoms with Gasteiger partial charge in [-0.05, 0) is 26.5 Å². The highest BCUT2D eigenvalue weighted by atomic mass is 16.2. The average molecular weight is 273 g/mol. The van der Waals surface area contributed by atoms with Crippen molar-refractivity contribution in [3.8, 4) is 6.07 Å². The second-order valence-electron chi connectivity index (χ2n) is 5.12. The standard InChI is InChI=1S/C16H23N3O/c1-4-19(11-14(2)10-17)16(20)13-18(3)12-15-8-6-5-7-9-15/h5-9,14H,4,11-13H2,1-3H3/t14-/m0/s1. The highest BCUT2D eigenvalue weighted by molar-refractivity contribution is 5.78. The van der Waals surface area contributed by atoms with E-state index >= 15 is 0 Å². The lowest BCUT2D eigenvalue weighted by molar-refractivity contribution is -0.132. The smallest absolute Gasteiger partial charge is 0.236 e. The van der Waals surface area contributed by atoms with Gasteiger partial charge in [0.1, 0.15) is 0 Å². The molecule has 1 rings (SSSR count). The summed E-state index contributed by atoms with van der Waals surface area (Å²) in [5.74, 6) is -0.0497. The predicted molar refractivity (Wildman–Crippen MR) is 79.8 cm³/mol. The maximum Gasteiger partial charge on any atom is 0.236 e. The number of likely N-dealkylation sites (N-methyl/N-ethyl adjacent to an activating group) is 2. The van der Waals surface area contributed by atoms with E-state index in [1.165, 1.54) is 5.56 Å². The lowest BCUT2D eigenvalue weighted by atomic mass is 10.2. The Hall–Kier alpha value is -1.86. The van der Waals surface area contributed by atoms with Crippen LogP contribution in [-0.4, -0.2) is 42.4 Å². The van der Waals surface area contributed by atoms with Crippen molar-refractivity contribution in [3.63, 3.8) is 0 Å². The van der Waals surface area contributed by atoms with Gasteiger partial charge in [-0.15, -0.1) is 0 Å². The van der Waals surface area contributed by atoms with Crippen molar-refractivity contribution in [1.29, 1.82) is 5.26 Å². The maximum atomic E-state index is 12.2. The lowest BCUT2D eigenvalue weighted by Gasteiger charge is -2.25. The normalized spacial score (nSPS) is 11.9. The summed E-state index contributed by atoms with van der Waals surface area (Å²) in [6.45, 7) is 6.05. The van der Waals surface area contributed by atoms with Crippen LogP contribution in [0.2, 0.25) is 0 Å². The Morgan fingerprint density at radius 2 is 2.00 bits per heavy atom. The molecule has 1 aromatic rings. The molecule has 0 fully saturated rings. The lowest BCUT2D eigenvalue weighted by Crippen LogP contribution is -2.40. The number of hydrogen-bond donors (Lipinski definition) is 0. The van der Waals surface area contributed by atoms with Gasteiger partial charge in [0, 0.05) is 19.6 Å². The molecule has 0 aromatic heterocycles. The minimum atomic E-state index is -0.127.